The Kier molecular flexibility index (Phi) is 3.71. The van der Waals surface area contributed by atoms with E-state index in [9.17, 15) is 9.90 Å². The van der Waals surface area contributed by atoms with Crippen LogP contribution in [0.2, 0.25) is 0 Å². The van der Waals surface area contributed by atoms with Gasteiger partial charge in [-0.05, 0) is 13.3 Å². The summed E-state index contributed by atoms with van der Waals surface area (Å²) in [7, 11) is 0. The lowest BCUT2D eigenvalue weighted by Crippen LogP contribution is -2.52. The average molecular weight is 215 g/mol. The van der Waals surface area contributed by atoms with Crippen LogP contribution in [0.3, 0.4) is 0 Å². The predicted molar refractivity (Wildman–Crippen MR) is 54.5 cm³/mol. The number of amides is 1. The summed E-state index contributed by atoms with van der Waals surface area (Å²) in [6, 6.07) is -0.257. The van der Waals surface area contributed by atoms with E-state index in [-0.39, 0.29) is 12.1 Å². The molecule has 5 heteroatoms. The molecule has 1 aliphatic rings. The molecule has 1 heterocycles. The molecule has 3 N–H and O–H groups in total. The molecular weight excluding hydrogens is 198 g/mol. The molecule has 0 radical (unpaired) electrons. The fourth-order valence-electron chi connectivity index (χ4n) is 1.83. The van der Waals surface area contributed by atoms with E-state index in [2.05, 4.69) is 11.9 Å². The summed E-state index contributed by atoms with van der Waals surface area (Å²) in [5.41, 5.74) is 0. The third-order valence-electron chi connectivity index (χ3n) is 2.59. The van der Waals surface area contributed by atoms with Gasteiger partial charge in [-0.25, -0.2) is 4.79 Å². The number of nitrogens with one attached hydrogen (secondary N) is 1. The second-order valence-electron chi connectivity index (χ2n) is 3.86. The van der Waals surface area contributed by atoms with Crippen LogP contribution in [0.15, 0.2) is 12.7 Å². The third kappa shape index (κ3) is 3.21. The molecule has 5 nitrogen and oxygen atoms in total. The van der Waals surface area contributed by atoms with Crippen molar-refractivity contribution < 1.29 is 19.7 Å². The lowest BCUT2D eigenvalue weighted by atomic mass is 9.95. The zero-order chi connectivity index (χ0) is 11.5. The van der Waals surface area contributed by atoms with Gasteiger partial charge in [0, 0.05) is 12.8 Å². The Bertz CT molecular complexity index is 256. The van der Waals surface area contributed by atoms with Crippen LogP contribution in [-0.4, -0.2) is 34.2 Å². The maximum atomic E-state index is 10.5. The van der Waals surface area contributed by atoms with Crippen LogP contribution in [-0.2, 0) is 4.74 Å². The van der Waals surface area contributed by atoms with Crippen LogP contribution < -0.4 is 5.32 Å². The molecule has 1 aliphatic heterocycles. The number of aliphatic hydroxyl groups is 1. The third-order valence-corrected chi connectivity index (χ3v) is 2.59. The fourth-order valence-corrected chi connectivity index (χ4v) is 1.83. The highest BCUT2D eigenvalue weighted by atomic mass is 16.6. The molecule has 1 unspecified atom stereocenters. The molecule has 3 atom stereocenters. The second-order valence-corrected chi connectivity index (χ2v) is 3.86. The lowest BCUT2D eigenvalue weighted by molar-refractivity contribution is -0.253. The zero-order valence-corrected chi connectivity index (χ0v) is 8.77. The van der Waals surface area contributed by atoms with E-state index < -0.39 is 11.9 Å². The van der Waals surface area contributed by atoms with Crippen molar-refractivity contribution in [1.82, 2.24) is 5.32 Å². The molecule has 1 rings (SSSR count). The summed E-state index contributed by atoms with van der Waals surface area (Å²) >= 11 is 0. The first-order chi connectivity index (χ1) is 6.97. The molecule has 0 spiro atoms. The molecular formula is C10H17NO4. The average Bonchev–Trinajstić information content (AvgIpc) is 2.10. The van der Waals surface area contributed by atoms with Crippen LogP contribution >= 0.6 is 0 Å². The van der Waals surface area contributed by atoms with Crippen LogP contribution in [0.1, 0.15) is 26.2 Å². The van der Waals surface area contributed by atoms with Crippen molar-refractivity contribution in [2.75, 3.05) is 0 Å². The molecule has 0 bridgehead atoms. The normalized spacial score (nSPS) is 35.9. The molecule has 0 aromatic carbocycles. The Labute approximate surface area is 88.7 Å². The highest BCUT2D eigenvalue weighted by molar-refractivity contribution is 5.64. The van der Waals surface area contributed by atoms with Gasteiger partial charge in [-0.15, -0.1) is 6.58 Å². The van der Waals surface area contributed by atoms with Gasteiger partial charge in [0.1, 0.15) is 0 Å². The minimum absolute atomic E-state index is 0.257. The summed E-state index contributed by atoms with van der Waals surface area (Å²) in [6.45, 7) is 5.29. The Morgan fingerprint density at radius 3 is 2.93 bits per heavy atom. The first-order valence-corrected chi connectivity index (χ1v) is 4.97. The van der Waals surface area contributed by atoms with Crippen molar-refractivity contribution in [3.8, 4) is 0 Å². The number of hydrogen-bond donors (Lipinski definition) is 3. The summed E-state index contributed by atoms with van der Waals surface area (Å²) in [5, 5.41) is 20.9. The maximum absolute atomic E-state index is 10.5. The minimum Gasteiger partial charge on any atom is -0.465 e. The van der Waals surface area contributed by atoms with Crippen LogP contribution in [0.5, 0.6) is 0 Å². The summed E-state index contributed by atoms with van der Waals surface area (Å²) in [4.78, 5) is 10.5. The van der Waals surface area contributed by atoms with Gasteiger partial charge in [0.2, 0.25) is 0 Å². The standard InChI is InChI=1S/C10H17NO4/c1-3-5-10(14)6-4-8(7(2)15-10)11-9(12)13/h3,7-8,11,14H,1,4-6H2,2H3,(H,12,13)/t7-,8-,10?/m1/s1. The van der Waals surface area contributed by atoms with Gasteiger partial charge >= 0.3 is 6.09 Å². The number of rotatable bonds is 3. The number of ether oxygens (including phenoxy) is 1. The van der Waals surface area contributed by atoms with Gasteiger partial charge in [0.05, 0.1) is 12.1 Å². The maximum Gasteiger partial charge on any atom is 0.404 e. The zero-order valence-electron chi connectivity index (χ0n) is 8.77. The predicted octanol–water partition coefficient (Wildman–Crippen LogP) is 1.09. The highest BCUT2D eigenvalue weighted by Crippen LogP contribution is 2.29. The van der Waals surface area contributed by atoms with E-state index >= 15 is 0 Å². The Morgan fingerprint density at radius 2 is 2.47 bits per heavy atom. The summed E-state index contributed by atoms with van der Waals surface area (Å²) < 4.78 is 5.39. The van der Waals surface area contributed by atoms with E-state index in [0.29, 0.717) is 19.3 Å². The van der Waals surface area contributed by atoms with Crippen LogP contribution in [0, 0.1) is 0 Å². The van der Waals surface area contributed by atoms with Crippen molar-refractivity contribution in [1.29, 1.82) is 0 Å². The minimum atomic E-state index is -1.18. The van der Waals surface area contributed by atoms with Gasteiger partial charge in [-0.2, -0.15) is 0 Å². The van der Waals surface area contributed by atoms with E-state index in [1.54, 1.807) is 13.0 Å². The van der Waals surface area contributed by atoms with Gasteiger partial charge in [0.25, 0.3) is 0 Å². The topological polar surface area (TPSA) is 78.8 Å². The van der Waals surface area contributed by atoms with Gasteiger partial charge in [-0.3, -0.25) is 0 Å². The molecule has 15 heavy (non-hydrogen) atoms. The number of hydrogen-bond acceptors (Lipinski definition) is 3. The molecule has 1 fully saturated rings. The second kappa shape index (κ2) is 4.63. The quantitative estimate of drug-likeness (QED) is 0.616. The molecule has 0 aromatic heterocycles. The van der Waals surface area contributed by atoms with Gasteiger partial charge < -0.3 is 20.3 Å². The molecule has 1 amide bonds. The van der Waals surface area contributed by atoms with E-state index in [1.807, 2.05) is 0 Å². The van der Waals surface area contributed by atoms with E-state index in [1.165, 1.54) is 0 Å². The molecule has 0 saturated carbocycles. The SMILES string of the molecule is C=CCC1(O)CC[C@@H](NC(=O)O)[C@@H](C)O1. The lowest BCUT2D eigenvalue weighted by Gasteiger charge is -2.39. The molecule has 1 saturated heterocycles. The van der Waals surface area contributed by atoms with Crippen molar-refractivity contribution in [2.45, 2.75) is 44.1 Å². The largest absolute Gasteiger partial charge is 0.465 e. The Balaban J connectivity index is 2.53. The number of carboxylic acid groups (broad SMARTS) is 1. The Hall–Kier alpha value is -1.07. The first-order valence-electron chi connectivity index (χ1n) is 4.97. The molecule has 86 valence electrons. The van der Waals surface area contributed by atoms with Crippen molar-refractivity contribution in [2.24, 2.45) is 0 Å². The number of carbonyl (C=O) groups is 1. The van der Waals surface area contributed by atoms with Crippen LogP contribution in [0.4, 0.5) is 4.79 Å². The molecule has 0 aromatic rings. The van der Waals surface area contributed by atoms with Gasteiger partial charge in [0.15, 0.2) is 5.79 Å². The van der Waals surface area contributed by atoms with E-state index in [0.717, 1.165) is 0 Å². The summed E-state index contributed by atoms with van der Waals surface area (Å²) in [6.07, 6.45) is 1.53. The van der Waals surface area contributed by atoms with Crippen LogP contribution in [0.25, 0.3) is 0 Å². The molecule has 0 aliphatic carbocycles. The Morgan fingerprint density at radius 1 is 1.80 bits per heavy atom. The monoisotopic (exact) mass is 215 g/mol. The van der Waals surface area contributed by atoms with Gasteiger partial charge in [-0.1, -0.05) is 6.08 Å². The van der Waals surface area contributed by atoms with Crippen molar-refractivity contribution in [3.63, 3.8) is 0 Å². The van der Waals surface area contributed by atoms with Crippen molar-refractivity contribution in [3.05, 3.63) is 12.7 Å². The van der Waals surface area contributed by atoms with Crippen molar-refractivity contribution >= 4 is 6.09 Å². The van der Waals surface area contributed by atoms with E-state index in [4.69, 9.17) is 9.84 Å². The first kappa shape index (κ1) is 12.0. The fraction of sp³-hybridized carbons (Fsp3) is 0.700. The highest BCUT2D eigenvalue weighted by Gasteiger charge is 2.38. The summed E-state index contributed by atoms with van der Waals surface area (Å²) in [5.74, 6) is -1.18. The smallest absolute Gasteiger partial charge is 0.404 e.